The first kappa shape index (κ1) is 14.0. The van der Waals surface area contributed by atoms with Crippen molar-refractivity contribution in [3.63, 3.8) is 0 Å². The molecule has 0 spiro atoms. The van der Waals surface area contributed by atoms with Crippen LogP contribution in [-0.2, 0) is 9.53 Å². The Bertz CT molecular complexity index is 309. The van der Waals surface area contributed by atoms with E-state index in [0.29, 0.717) is 0 Å². The highest BCUT2D eigenvalue weighted by Crippen LogP contribution is 2.46. The number of ether oxygens (including phenoxy) is 1. The summed E-state index contributed by atoms with van der Waals surface area (Å²) in [5, 5.41) is 9.85. The van der Waals surface area contributed by atoms with Crippen LogP contribution in [0.15, 0.2) is 0 Å². The number of carbonyl (C=O) groups is 1. The quantitative estimate of drug-likeness (QED) is 0.542. The number of carbonyl (C=O) groups excluding carboxylic acids is 1. The summed E-state index contributed by atoms with van der Waals surface area (Å²) in [6, 6.07) is -2.08. The molecule has 100 valence electrons. The molecule has 2 atom stereocenters. The van der Waals surface area contributed by atoms with Crippen LogP contribution in [0.1, 0.15) is 6.92 Å². The lowest BCUT2D eigenvalue weighted by molar-refractivity contribution is -0.369. The number of esters is 1. The molecule has 0 aromatic heterocycles. The van der Waals surface area contributed by atoms with Gasteiger partial charge in [-0.2, -0.15) is 26.3 Å². The van der Waals surface area contributed by atoms with E-state index in [0.717, 1.165) is 12.2 Å². The van der Waals surface area contributed by atoms with Gasteiger partial charge in [-0.05, 0) is 6.92 Å². The highest BCUT2D eigenvalue weighted by atomic mass is 19.4. The van der Waals surface area contributed by atoms with E-state index in [1.165, 1.54) is 0 Å². The topological polar surface area (TPSA) is 58.6 Å². The van der Waals surface area contributed by atoms with E-state index in [9.17, 15) is 31.1 Å². The number of hydrogen-bond donors (Lipinski definition) is 2. The summed E-state index contributed by atoms with van der Waals surface area (Å²) in [5.74, 6) is -1.81. The first-order valence-electron chi connectivity index (χ1n) is 4.24. The van der Waals surface area contributed by atoms with Gasteiger partial charge in [0.2, 0.25) is 0 Å². The molecule has 0 aliphatic carbocycles. The van der Waals surface area contributed by atoms with E-state index in [1.54, 1.807) is 0 Å². The zero-order valence-corrected chi connectivity index (χ0v) is 8.19. The minimum absolute atomic E-state index is 0.863. The highest BCUT2D eigenvalue weighted by Gasteiger charge is 2.78. The third-order valence-electron chi connectivity index (χ3n) is 2.15. The Labute approximate surface area is 90.5 Å². The van der Waals surface area contributed by atoms with Crippen molar-refractivity contribution in [3.05, 3.63) is 0 Å². The van der Waals surface area contributed by atoms with Gasteiger partial charge in [0.15, 0.2) is 0 Å². The third kappa shape index (κ3) is 2.06. The second-order valence-corrected chi connectivity index (χ2v) is 3.46. The highest BCUT2D eigenvalue weighted by molar-refractivity contribution is 5.79. The van der Waals surface area contributed by atoms with Crippen molar-refractivity contribution in [2.24, 2.45) is 0 Å². The maximum Gasteiger partial charge on any atom is 0.452 e. The van der Waals surface area contributed by atoms with Crippen LogP contribution in [0.4, 0.5) is 26.3 Å². The van der Waals surface area contributed by atoms with Crippen LogP contribution in [-0.4, -0.2) is 41.3 Å². The first-order valence-corrected chi connectivity index (χ1v) is 4.24. The van der Waals surface area contributed by atoms with E-state index in [2.05, 4.69) is 4.74 Å². The fourth-order valence-electron chi connectivity index (χ4n) is 1.28. The predicted octanol–water partition coefficient (Wildman–Crippen LogP) is 0.703. The van der Waals surface area contributed by atoms with Gasteiger partial charge >= 0.3 is 24.0 Å². The first-order chi connectivity index (χ1) is 7.42. The standard InChI is InChI=1S/C7H7F6NO3/c1-2(15)3-4(16)17-5(14-3,6(8,9)10)7(11,12)13/h2-3,14-15H,1H3. The summed E-state index contributed by atoms with van der Waals surface area (Å²) in [6.07, 6.45) is -13.5. The van der Waals surface area contributed by atoms with Gasteiger partial charge in [0, 0.05) is 0 Å². The van der Waals surface area contributed by atoms with Crippen molar-refractivity contribution >= 4 is 5.97 Å². The molecule has 10 heteroatoms. The second kappa shape index (κ2) is 3.73. The van der Waals surface area contributed by atoms with Crippen LogP contribution in [0, 0.1) is 0 Å². The SMILES string of the molecule is CC(O)C1NC(C(F)(F)F)(C(F)(F)F)OC1=O. The van der Waals surface area contributed by atoms with Crippen molar-refractivity contribution < 1.29 is 41.0 Å². The molecule has 1 aliphatic rings. The normalized spacial score (nSPS) is 26.8. The molecule has 1 heterocycles. The van der Waals surface area contributed by atoms with Crippen molar-refractivity contribution in [2.45, 2.75) is 37.1 Å². The van der Waals surface area contributed by atoms with Gasteiger partial charge in [0.1, 0.15) is 6.04 Å². The molecular weight excluding hydrogens is 260 g/mol. The van der Waals surface area contributed by atoms with E-state index < -0.39 is 36.2 Å². The van der Waals surface area contributed by atoms with Crippen LogP contribution >= 0.6 is 0 Å². The van der Waals surface area contributed by atoms with Crippen molar-refractivity contribution in [1.82, 2.24) is 5.32 Å². The van der Waals surface area contributed by atoms with Gasteiger partial charge in [-0.15, -0.1) is 0 Å². The summed E-state index contributed by atoms with van der Waals surface area (Å²) >= 11 is 0. The fourth-order valence-corrected chi connectivity index (χ4v) is 1.28. The van der Waals surface area contributed by atoms with E-state index in [-0.39, 0.29) is 0 Å². The molecule has 1 aliphatic heterocycles. The Morgan fingerprint density at radius 3 is 1.88 bits per heavy atom. The number of nitrogens with one attached hydrogen (secondary N) is 1. The molecule has 0 aromatic rings. The van der Waals surface area contributed by atoms with Gasteiger partial charge < -0.3 is 9.84 Å². The lowest BCUT2D eigenvalue weighted by atomic mass is 10.1. The Morgan fingerprint density at radius 2 is 1.71 bits per heavy atom. The lowest BCUT2D eigenvalue weighted by Crippen LogP contribution is -2.66. The van der Waals surface area contributed by atoms with Crippen LogP contribution in [0.25, 0.3) is 0 Å². The van der Waals surface area contributed by atoms with Crippen molar-refractivity contribution in [3.8, 4) is 0 Å². The number of cyclic esters (lactones) is 1. The minimum atomic E-state index is -5.88. The summed E-state index contributed by atoms with van der Waals surface area (Å²) in [4.78, 5) is 10.9. The number of aliphatic hydroxyl groups is 1. The molecule has 2 unspecified atom stereocenters. The van der Waals surface area contributed by atoms with Crippen molar-refractivity contribution in [1.29, 1.82) is 0 Å². The maximum atomic E-state index is 12.4. The molecule has 0 amide bonds. The number of rotatable bonds is 1. The van der Waals surface area contributed by atoms with E-state index in [4.69, 9.17) is 5.11 Å². The zero-order chi connectivity index (χ0) is 13.6. The largest absolute Gasteiger partial charge is 0.452 e. The molecule has 1 rings (SSSR count). The minimum Gasteiger partial charge on any atom is -0.424 e. The molecule has 0 radical (unpaired) electrons. The average molecular weight is 267 g/mol. The van der Waals surface area contributed by atoms with E-state index >= 15 is 0 Å². The van der Waals surface area contributed by atoms with Gasteiger partial charge in [0.05, 0.1) is 6.10 Å². The average Bonchev–Trinajstić information content (AvgIpc) is 2.41. The maximum absolute atomic E-state index is 12.4. The number of halogens is 6. The number of alkyl halides is 6. The van der Waals surface area contributed by atoms with Gasteiger partial charge in [0.25, 0.3) is 0 Å². The van der Waals surface area contributed by atoms with Gasteiger partial charge in [-0.25, -0.2) is 5.32 Å². The Morgan fingerprint density at radius 1 is 1.29 bits per heavy atom. The lowest BCUT2D eigenvalue weighted by Gasteiger charge is -2.31. The summed E-state index contributed by atoms with van der Waals surface area (Å²) < 4.78 is 77.7. The van der Waals surface area contributed by atoms with Gasteiger partial charge in [-0.3, -0.25) is 4.79 Å². The third-order valence-corrected chi connectivity index (χ3v) is 2.15. The zero-order valence-electron chi connectivity index (χ0n) is 8.19. The Hall–Kier alpha value is -1.03. The molecule has 0 saturated carbocycles. The smallest absolute Gasteiger partial charge is 0.424 e. The Kier molecular flexibility index (Phi) is 3.08. The van der Waals surface area contributed by atoms with Gasteiger partial charge in [-0.1, -0.05) is 0 Å². The number of aliphatic hydroxyl groups excluding tert-OH is 1. The summed E-state index contributed by atoms with van der Waals surface area (Å²) in [5.41, 5.74) is -4.77. The second-order valence-electron chi connectivity index (χ2n) is 3.46. The molecule has 1 fully saturated rings. The Balaban J connectivity index is 3.19. The van der Waals surface area contributed by atoms with Crippen LogP contribution in [0.5, 0.6) is 0 Å². The molecule has 4 nitrogen and oxygen atoms in total. The molecule has 2 N–H and O–H groups in total. The monoisotopic (exact) mass is 267 g/mol. The van der Waals surface area contributed by atoms with Crippen LogP contribution < -0.4 is 5.32 Å². The van der Waals surface area contributed by atoms with E-state index in [1.807, 2.05) is 0 Å². The fraction of sp³-hybridized carbons (Fsp3) is 0.857. The molecule has 17 heavy (non-hydrogen) atoms. The predicted molar refractivity (Wildman–Crippen MR) is 39.5 cm³/mol. The van der Waals surface area contributed by atoms with Crippen molar-refractivity contribution in [2.75, 3.05) is 0 Å². The summed E-state index contributed by atoms with van der Waals surface area (Å²) in [7, 11) is 0. The van der Waals surface area contributed by atoms with Crippen LogP contribution in [0.2, 0.25) is 0 Å². The van der Waals surface area contributed by atoms with Crippen LogP contribution in [0.3, 0.4) is 0 Å². The molecular formula is C7H7F6NO3. The molecule has 0 aromatic carbocycles. The number of hydrogen-bond acceptors (Lipinski definition) is 4. The molecule has 0 bridgehead atoms. The summed E-state index contributed by atoms with van der Waals surface area (Å²) in [6.45, 7) is 0.863. The molecule has 1 saturated heterocycles.